The van der Waals surface area contributed by atoms with E-state index < -0.39 is 23.3 Å². The van der Waals surface area contributed by atoms with Crippen LogP contribution in [0.15, 0.2) is 36.1 Å². The zero-order valence-corrected chi connectivity index (χ0v) is 23.6. The van der Waals surface area contributed by atoms with E-state index in [4.69, 9.17) is 33.7 Å². The third-order valence-corrected chi connectivity index (χ3v) is 7.88. The van der Waals surface area contributed by atoms with Crippen LogP contribution in [0, 0.1) is 17.7 Å². The number of carbonyl (C=O) groups excluding carboxylic acids is 1. The molecular weight excluding hydrogens is 528 g/mol. The zero-order chi connectivity index (χ0) is 27.5. The van der Waals surface area contributed by atoms with E-state index in [1.807, 2.05) is 18.7 Å². The molecule has 10 heteroatoms. The summed E-state index contributed by atoms with van der Waals surface area (Å²) >= 11 is 12.3. The Morgan fingerprint density at radius 1 is 1.26 bits per heavy atom. The van der Waals surface area contributed by atoms with Crippen LogP contribution in [-0.2, 0) is 4.74 Å². The number of nitrogens with zero attached hydrogens (tertiary/aromatic N) is 2. The van der Waals surface area contributed by atoms with Gasteiger partial charge < -0.3 is 25.2 Å². The van der Waals surface area contributed by atoms with Crippen molar-refractivity contribution in [3.05, 3.63) is 57.5 Å². The molecule has 0 aromatic heterocycles. The number of nitrogens with two attached hydrogens (primary N) is 1. The second kappa shape index (κ2) is 11.8. The summed E-state index contributed by atoms with van der Waals surface area (Å²) in [6, 6.07) is 3.13. The predicted molar refractivity (Wildman–Crippen MR) is 149 cm³/mol. The van der Waals surface area contributed by atoms with Crippen LogP contribution >= 0.6 is 23.2 Å². The highest BCUT2D eigenvalue weighted by molar-refractivity contribution is 6.36. The number of rotatable bonds is 5. The predicted octanol–water partition coefficient (Wildman–Crippen LogP) is 4.92. The van der Waals surface area contributed by atoms with Crippen LogP contribution in [0.5, 0.6) is 0 Å². The average molecular weight is 565 g/mol. The van der Waals surface area contributed by atoms with Gasteiger partial charge in [0.25, 0.3) is 0 Å². The second-order valence-electron chi connectivity index (χ2n) is 10.7. The lowest BCUT2D eigenvalue weighted by atomic mass is 10.0. The van der Waals surface area contributed by atoms with Crippen LogP contribution in [0.2, 0.25) is 10.0 Å². The number of amides is 2. The van der Waals surface area contributed by atoms with Gasteiger partial charge in [-0.1, -0.05) is 35.0 Å². The largest absolute Gasteiger partial charge is 0.347 e. The maximum Gasteiger partial charge on any atom is 0.318 e. The van der Waals surface area contributed by atoms with Gasteiger partial charge in [-0.05, 0) is 83.8 Å². The Hall–Kier alpha value is -2.28. The number of dihydropyridines is 1. The number of allylic oxidation sites excluding steroid dienone is 2. The molecule has 3 aliphatic rings. The van der Waals surface area contributed by atoms with E-state index in [-0.39, 0.29) is 16.1 Å². The Labute approximate surface area is 234 Å². The molecule has 4 rings (SSSR count). The number of benzene rings is 1. The number of hydrogen-bond donors (Lipinski definition) is 3. The molecule has 0 radical (unpaired) electrons. The number of likely N-dealkylation sites (tertiary alicyclic amines) is 2. The molecule has 0 bridgehead atoms. The summed E-state index contributed by atoms with van der Waals surface area (Å²) in [7, 11) is 0. The number of piperidine rings is 1. The maximum absolute atomic E-state index is 13.9. The van der Waals surface area contributed by atoms with Gasteiger partial charge >= 0.3 is 6.03 Å². The Morgan fingerprint density at radius 3 is 2.58 bits per heavy atom. The number of ether oxygens (including phenoxy) is 1. The Bertz CT molecular complexity index is 1160. The highest BCUT2D eigenvalue weighted by Gasteiger charge is 2.31. The zero-order valence-electron chi connectivity index (χ0n) is 22.1. The molecule has 0 saturated carbocycles. The molecule has 1 aromatic rings. The lowest BCUT2D eigenvalue weighted by Crippen LogP contribution is -2.53. The first kappa shape index (κ1) is 28.7. The number of nitrogens with one attached hydrogen (secondary N) is 2. The van der Waals surface area contributed by atoms with Gasteiger partial charge in [0.1, 0.15) is 5.82 Å². The molecule has 2 atom stereocenters. The Morgan fingerprint density at radius 2 is 1.95 bits per heavy atom. The van der Waals surface area contributed by atoms with Gasteiger partial charge in [0, 0.05) is 41.5 Å². The van der Waals surface area contributed by atoms with E-state index in [0.717, 1.165) is 25.9 Å². The third-order valence-electron chi connectivity index (χ3n) is 7.17. The van der Waals surface area contributed by atoms with Crippen molar-refractivity contribution in [3.63, 3.8) is 0 Å². The SMILES string of the molecule is CC(OC1(N)C=CC(C#CC(C)(C)NC(=O)N2CCC(N3CCCC3)CC2)=CN1)c1c(Cl)ccc(F)c1Cl. The quantitative estimate of drug-likeness (QED) is 0.269. The van der Waals surface area contributed by atoms with Crippen LogP contribution < -0.4 is 16.4 Å². The molecule has 2 fully saturated rings. The van der Waals surface area contributed by atoms with Gasteiger partial charge in [0.15, 0.2) is 0 Å². The third kappa shape index (κ3) is 7.02. The van der Waals surface area contributed by atoms with Crippen LogP contribution in [-0.4, -0.2) is 59.4 Å². The molecule has 7 nitrogen and oxygen atoms in total. The summed E-state index contributed by atoms with van der Waals surface area (Å²) in [6.07, 6.45) is 8.89. The molecule has 0 aliphatic carbocycles. The first-order valence-electron chi connectivity index (χ1n) is 13.1. The summed E-state index contributed by atoms with van der Waals surface area (Å²) in [6.45, 7) is 9.33. The van der Waals surface area contributed by atoms with Gasteiger partial charge in [0.05, 0.1) is 16.7 Å². The van der Waals surface area contributed by atoms with Gasteiger partial charge in [-0.25, -0.2) is 9.18 Å². The number of carbonyl (C=O) groups is 1. The van der Waals surface area contributed by atoms with E-state index in [1.165, 1.54) is 38.1 Å². The highest BCUT2D eigenvalue weighted by Crippen LogP contribution is 2.35. The molecule has 2 saturated heterocycles. The first-order chi connectivity index (χ1) is 18.0. The molecule has 2 amide bonds. The van der Waals surface area contributed by atoms with Gasteiger partial charge in [-0.15, -0.1) is 0 Å². The fourth-order valence-electron chi connectivity index (χ4n) is 5.07. The molecule has 1 aromatic carbocycles. The molecule has 3 heterocycles. The van der Waals surface area contributed by atoms with E-state index in [9.17, 15) is 9.18 Å². The second-order valence-corrected chi connectivity index (χ2v) is 11.4. The maximum atomic E-state index is 13.9. The summed E-state index contributed by atoms with van der Waals surface area (Å²) in [5, 5.41) is 6.21. The van der Waals surface area contributed by atoms with Crippen LogP contribution in [0.1, 0.15) is 58.1 Å². The molecule has 2 unspecified atom stereocenters. The summed E-state index contributed by atoms with van der Waals surface area (Å²) < 4.78 is 19.8. The van der Waals surface area contributed by atoms with E-state index in [0.29, 0.717) is 17.2 Å². The molecule has 4 N–H and O–H groups in total. The Balaban J connectivity index is 1.30. The van der Waals surface area contributed by atoms with Gasteiger partial charge in [-0.3, -0.25) is 5.73 Å². The normalized spacial score (nSPS) is 23.3. The molecule has 38 heavy (non-hydrogen) atoms. The van der Waals surface area contributed by atoms with E-state index in [2.05, 4.69) is 27.4 Å². The van der Waals surface area contributed by atoms with Crippen molar-refractivity contribution >= 4 is 29.2 Å². The minimum Gasteiger partial charge on any atom is -0.347 e. The fourth-order valence-corrected chi connectivity index (χ4v) is 5.74. The summed E-state index contributed by atoms with van der Waals surface area (Å²) in [5.74, 6) is 4.26. The Kier molecular flexibility index (Phi) is 8.96. The van der Waals surface area contributed by atoms with E-state index in [1.54, 1.807) is 25.3 Å². The van der Waals surface area contributed by atoms with Gasteiger partial charge in [-0.2, -0.15) is 0 Å². The van der Waals surface area contributed by atoms with Gasteiger partial charge in [0.2, 0.25) is 5.85 Å². The molecular formula is C28H36Cl2FN5O2. The summed E-state index contributed by atoms with van der Waals surface area (Å²) in [4.78, 5) is 17.3. The monoisotopic (exact) mass is 563 g/mol. The van der Waals surface area contributed by atoms with Crippen LogP contribution in [0.25, 0.3) is 0 Å². The topological polar surface area (TPSA) is 82.9 Å². The van der Waals surface area contributed by atoms with Crippen molar-refractivity contribution in [2.24, 2.45) is 5.73 Å². The van der Waals surface area contributed by atoms with Crippen LogP contribution in [0.4, 0.5) is 9.18 Å². The standard InChI is InChI=1S/C28H36Cl2FN5O2/c1-19(24-22(29)6-7-23(31)25(24)30)38-28(32)13-9-20(18-33-28)8-12-27(2,3)34-26(37)36-16-10-21(11-17-36)35-14-4-5-15-35/h6-7,9,13,18-19,21,33H,4-5,10-11,14-17,32H2,1-3H3,(H,34,37). The van der Waals surface area contributed by atoms with Crippen LogP contribution in [0.3, 0.4) is 0 Å². The summed E-state index contributed by atoms with van der Waals surface area (Å²) in [5.41, 5.74) is 6.57. The molecule has 3 aliphatic heterocycles. The number of hydrogen-bond acceptors (Lipinski definition) is 5. The molecule has 0 spiro atoms. The minimum absolute atomic E-state index is 0.0894. The first-order valence-corrected chi connectivity index (χ1v) is 13.8. The van der Waals surface area contributed by atoms with Crippen molar-refractivity contribution in [3.8, 4) is 11.8 Å². The highest BCUT2D eigenvalue weighted by atomic mass is 35.5. The number of urea groups is 1. The van der Waals surface area contributed by atoms with E-state index >= 15 is 0 Å². The van der Waals surface area contributed by atoms with Crippen molar-refractivity contribution in [2.45, 2.75) is 70.0 Å². The lowest BCUT2D eigenvalue weighted by Gasteiger charge is -2.37. The fraction of sp³-hybridized carbons (Fsp3) is 0.536. The average Bonchev–Trinajstić information content (AvgIpc) is 3.41. The lowest BCUT2D eigenvalue weighted by molar-refractivity contribution is -0.0677. The smallest absolute Gasteiger partial charge is 0.318 e. The van der Waals surface area contributed by atoms with Crippen molar-refractivity contribution in [2.75, 3.05) is 26.2 Å². The minimum atomic E-state index is -1.37. The number of halogens is 3. The van der Waals surface area contributed by atoms with Crippen molar-refractivity contribution in [1.29, 1.82) is 0 Å². The molecule has 206 valence electrons. The van der Waals surface area contributed by atoms with Crippen molar-refractivity contribution < 1.29 is 13.9 Å². The van der Waals surface area contributed by atoms with Crippen molar-refractivity contribution in [1.82, 2.24) is 20.4 Å².